The standard InChI is InChI=1S/C26H20N6O5/c33-23-26(24(34)30-25(35)29-23)10-1-13-32(26)18-4-7-22(28-15-18)36-19-5-2-16(3-6-19)20-14-21(37-31-20)17-8-11-27-12-9-17/h2-9,11-12,14-15H,1,10,13H2,(H2,29,30,33,34,35). The molecule has 4 aromatic rings. The van der Waals surface area contributed by atoms with Gasteiger partial charge in [-0.15, -0.1) is 0 Å². The SMILES string of the molecule is O=C1NC(=O)C2(CCCN2c2ccc(Oc3ccc(-c4cc(-c5ccncc5)on4)cc3)nc2)C(=O)N1. The number of carbonyl (C=O) groups excluding carboxylic acids is 3. The van der Waals surface area contributed by atoms with Crippen molar-refractivity contribution < 1.29 is 23.6 Å². The number of hydrogen-bond acceptors (Lipinski definition) is 9. The third-order valence-corrected chi connectivity index (χ3v) is 6.47. The molecule has 0 atom stereocenters. The average molecular weight is 496 g/mol. The zero-order chi connectivity index (χ0) is 25.4. The Morgan fingerprint density at radius 2 is 1.68 bits per heavy atom. The first-order chi connectivity index (χ1) is 18.0. The van der Waals surface area contributed by atoms with Crippen LogP contribution in [0.25, 0.3) is 22.6 Å². The van der Waals surface area contributed by atoms with E-state index in [4.69, 9.17) is 9.26 Å². The summed E-state index contributed by atoms with van der Waals surface area (Å²) in [5.74, 6) is 0.317. The molecule has 2 aliphatic heterocycles. The molecule has 2 saturated heterocycles. The van der Waals surface area contributed by atoms with Crippen LogP contribution in [0, 0.1) is 0 Å². The molecule has 184 valence electrons. The molecule has 3 aromatic heterocycles. The molecular formula is C26H20N6O5. The van der Waals surface area contributed by atoms with Crippen molar-refractivity contribution in [1.82, 2.24) is 25.8 Å². The highest BCUT2D eigenvalue weighted by Crippen LogP contribution is 2.36. The molecule has 11 heteroatoms. The molecule has 11 nitrogen and oxygen atoms in total. The van der Waals surface area contributed by atoms with Gasteiger partial charge in [0.2, 0.25) is 5.88 Å². The molecule has 0 radical (unpaired) electrons. The lowest BCUT2D eigenvalue weighted by molar-refractivity contribution is -0.137. The highest BCUT2D eigenvalue weighted by Gasteiger charge is 2.57. The number of imide groups is 2. The van der Waals surface area contributed by atoms with E-state index in [2.05, 4.69) is 25.8 Å². The number of benzene rings is 1. The molecule has 0 saturated carbocycles. The summed E-state index contributed by atoms with van der Waals surface area (Å²) in [7, 11) is 0. The van der Waals surface area contributed by atoms with Gasteiger partial charge in [-0.1, -0.05) is 5.16 Å². The Morgan fingerprint density at radius 1 is 0.919 bits per heavy atom. The zero-order valence-corrected chi connectivity index (χ0v) is 19.4. The molecule has 1 spiro atoms. The predicted octanol–water partition coefficient (Wildman–Crippen LogP) is 3.30. The van der Waals surface area contributed by atoms with Crippen LogP contribution in [0.1, 0.15) is 12.8 Å². The minimum Gasteiger partial charge on any atom is -0.439 e. The van der Waals surface area contributed by atoms with Crippen LogP contribution in [-0.2, 0) is 9.59 Å². The molecule has 4 amide bonds. The van der Waals surface area contributed by atoms with E-state index in [1.54, 1.807) is 47.8 Å². The third kappa shape index (κ3) is 3.96. The number of barbiturate groups is 1. The maximum Gasteiger partial charge on any atom is 0.328 e. The number of urea groups is 1. The number of anilines is 1. The van der Waals surface area contributed by atoms with E-state index in [-0.39, 0.29) is 0 Å². The van der Waals surface area contributed by atoms with Crippen LogP contribution in [0.4, 0.5) is 10.5 Å². The largest absolute Gasteiger partial charge is 0.439 e. The molecule has 2 N–H and O–H groups in total. The maximum atomic E-state index is 12.6. The molecule has 2 fully saturated rings. The van der Waals surface area contributed by atoms with E-state index < -0.39 is 23.4 Å². The van der Waals surface area contributed by atoms with Gasteiger partial charge in [0.05, 0.1) is 11.9 Å². The maximum absolute atomic E-state index is 12.6. The Hall–Kier alpha value is -5.06. The third-order valence-electron chi connectivity index (χ3n) is 6.47. The van der Waals surface area contributed by atoms with Gasteiger partial charge in [0, 0.05) is 42.2 Å². The number of nitrogens with one attached hydrogen (secondary N) is 2. The van der Waals surface area contributed by atoms with Gasteiger partial charge < -0.3 is 14.2 Å². The van der Waals surface area contributed by atoms with Crippen molar-refractivity contribution in [3.8, 4) is 34.2 Å². The van der Waals surface area contributed by atoms with Gasteiger partial charge >= 0.3 is 6.03 Å². The fraction of sp³-hybridized carbons (Fsp3) is 0.154. The lowest BCUT2D eigenvalue weighted by Crippen LogP contribution is -2.71. The number of rotatable bonds is 5. The summed E-state index contributed by atoms with van der Waals surface area (Å²) in [6.45, 7) is 0.475. The Balaban J connectivity index is 1.16. The highest BCUT2D eigenvalue weighted by atomic mass is 16.5. The summed E-state index contributed by atoms with van der Waals surface area (Å²) in [4.78, 5) is 46.8. The molecule has 37 heavy (non-hydrogen) atoms. The van der Waals surface area contributed by atoms with Crippen molar-refractivity contribution in [3.63, 3.8) is 0 Å². The second-order valence-corrected chi connectivity index (χ2v) is 8.65. The fourth-order valence-electron chi connectivity index (χ4n) is 4.66. The monoisotopic (exact) mass is 496 g/mol. The number of aromatic nitrogens is 3. The van der Waals surface area contributed by atoms with Crippen LogP contribution < -0.4 is 20.3 Å². The zero-order valence-electron chi connectivity index (χ0n) is 19.4. The van der Waals surface area contributed by atoms with Crippen molar-refractivity contribution >= 4 is 23.5 Å². The molecule has 0 unspecified atom stereocenters. The van der Waals surface area contributed by atoms with Crippen LogP contribution in [0.2, 0.25) is 0 Å². The van der Waals surface area contributed by atoms with Crippen molar-refractivity contribution in [1.29, 1.82) is 0 Å². The lowest BCUT2D eigenvalue weighted by atomic mass is 9.92. The van der Waals surface area contributed by atoms with E-state index in [9.17, 15) is 14.4 Å². The van der Waals surface area contributed by atoms with Crippen LogP contribution in [-0.4, -0.2) is 45.1 Å². The Morgan fingerprint density at radius 3 is 2.38 bits per heavy atom. The Bertz CT molecular complexity index is 1460. The van der Waals surface area contributed by atoms with Gasteiger partial charge in [0.25, 0.3) is 11.8 Å². The topological polar surface area (TPSA) is 140 Å². The first-order valence-electron chi connectivity index (χ1n) is 11.6. The number of nitrogens with zero attached hydrogens (tertiary/aromatic N) is 4. The van der Waals surface area contributed by atoms with Crippen molar-refractivity contribution in [3.05, 3.63) is 73.2 Å². The first kappa shape index (κ1) is 22.4. The summed E-state index contributed by atoms with van der Waals surface area (Å²) in [5, 5.41) is 8.55. The minimum absolute atomic E-state index is 0.304. The van der Waals surface area contributed by atoms with Gasteiger partial charge in [0.15, 0.2) is 11.3 Å². The molecular weight excluding hydrogens is 476 g/mol. The Kier molecular flexibility index (Phi) is 5.37. The van der Waals surface area contributed by atoms with Crippen LogP contribution in [0.3, 0.4) is 0 Å². The van der Waals surface area contributed by atoms with Gasteiger partial charge in [-0.2, -0.15) is 0 Å². The number of hydrogen-bond donors (Lipinski definition) is 2. The van der Waals surface area contributed by atoms with Crippen molar-refractivity contribution in [2.24, 2.45) is 0 Å². The summed E-state index contributed by atoms with van der Waals surface area (Å²) in [6, 6.07) is 15.5. The molecule has 1 aromatic carbocycles. The van der Waals surface area contributed by atoms with E-state index in [1.165, 1.54) is 0 Å². The van der Waals surface area contributed by atoms with Crippen LogP contribution in [0.15, 0.2) is 77.7 Å². The highest BCUT2D eigenvalue weighted by molar-refractivity contribution is 6.24. The summed E-state index contributed by atoms with van der Waals surface area (Å²) < 4.78 is 11.3. The van der Waals surface area contributed by atoms with E-state index in [1.807, 2.05) is 30.3 Å². The van der Waals surface area contributed by atoms with Crippen LogP contribution in [0.5, 0.6) is 11.6 Å². The van der Waals surface area contributed by atoms with Crippen molar-refractivity contribution in [2.75, 3.05) is 11.4 Å². The molecule has 0 aliphatic carbocycles. The normalized spacial score (nSPS) is 16.5. The lowest BCUT2D eigenvalue weighted by Gasteiger charge is -2.38. The molecule has 2 aliphatic rings. The summed E-state index contributed by atoms with van der Waals surface area (Å²) in [6.07, 6.45) is 5.86. The summed E-state index contributed by atoms with van der Waals surface area (Å²) in [5.41, 5.74) is 1.56. The van der Waals surface area contributed by atoms with Gasteiger partial charge in [-0.25, -0.2) is 9.78 Å². The second kappa shape index (κ2) is 8.86. The summed E-state index contributed by atoms with van der Waals surface area (Å²) >= 11 is 0. The average Bonchev–Trinajstić information content (AvgIpc) is 3.58. The molecule has 5 heterocycles. The van der Waals surface area contributed by atoms with E-state index in [0.717, 1.165) is 11.1 Å². The number of amides is 4. The van der Waals surface area contributed by atoms with Gasteiger partial charge in [0.1, 0.15) is 11.4 Å². The van der Waals surface area contributed by atoms with E-state index in [0.29, 0.717) is 48.2 Å². The molecule has 0 bridgehead atoms. The van der Waals surface area contributed by atoms with Gasteiger partial charge in [-0.05, 0) is 55.3 Å². The smallest absolute Gasteiger partial charge is 0.328 e. The second-order valence-electron chi connectivity index (χ2n) is 8.65. The van der Waals surface area contributed by atoms with Crippen LogP contribution >= 0.6 is 0 Å². The van der Waals surface area contributed by atoms with Crippen molar-refractivity contribution in [2.45, 2.75) is 18.4 Å². The predicted molar refractivity (Wildman–Crippen MR) is 130 cm³/mol. The minimum atomic E-state index is -1.47. The first-order valence-corrected chi connectivity index (χ1v) is 11.6. The quantitative estimate of drug-likeness (QED) is 0.398. The number of carbonyl (C=O) groups is 3. The van der Waals surface area contributed by atoms with E-state index >= 15 is 0 Å². The Labute approximate surface area is 210 Å². The number of ether oxygens (including phenoxy) is 1. The fourth-order valence-corrected chi connectivity index (χ4v) is 4.66. The van der Waals surface area contributed by atoms with Gasteiger partial charge in [-0.3, -0.25) is 25.2 Å². The molecule has 6 rings (SSSR count). The number of pyridine rings is 2.